The Balaban J connectivity index is 2.34. The summed E-state index contributed by atoms with van der Waals surface area (Å²) in [6.07, 6.45) is -4.31. The molecule has 0 amide bonds. The highest BCUT2D eigenvalue weighted by Gasteiger charge is 2.37. The average Bonchev–Trinajstić information content (AvgIpc) is 2.38. The van der Waals surface area contributed by atoms with Crippen LogP contribution < -0.4 is 10.2 Å². The second-order valence-corrected chi connectivity index (χ2v) is 5.78. The predicted octanol–water partition coefficient (Wildman–Crippen LogP) is 3.53. The first-order valence-electron chi connectivity index (χ1n) is 6.97. The van der Waals surface area contributed by atoms with E-state index in [9.17, 15) is 13.2 Å². The molecule has 1 fully saturated rings. The highest BCUT2D eigenvalue weighted by atomic mass is 19.4. The lowest BCUT2D eigenvalue weighted by Gasteiger charge is -2.42. The number of halogens is 3. The molecule has 0 radical (unpaired) electrons. The number of nitrogens with zero attached hydrogens (tertiary/aromatic N) is 1. The molecule has 1 saturated heterocycles. The largest absolute Gasteiger partial charge is 0.418 e. The maximum atomic E-state index is 13.1. The van der Waals surface area contributed by atoms with E-state index in [4.69, 9.17) is 0 Å². The smallest absolute Gasteiger partial charge is 0.365 e. The highest BCUT2D eigenvalue weighted by molar-refractivity contribution is 5.56. The van der Waals surface area contributed by atoms with Crippen LogP contribution in [0, 0.1) is 5.92 Å². The monoisotopic (exact) mass is 286 g/mol. The standard InChI is InChI=1S/C15H21F3N2/c1-10(2)13-9-20(11(3)8-19-13)14-7-5-4-6-12(14)15(16,17)18/h4-7,10-11,13,19H,8-9H2,1-3H3. The van der Waals surface area contributed by atoms with Crippen molar-refractivity contribution in [2.75, 3.05) is 18.0 Å². The van der Waals surface area contributed by atoms with E-state index >= 15 is 0 Å². The van der Waals surface area contributed by atoms with Crippen LogP contribution >= 0.6 is 0 Å². The maximum absolute atomic E-state index is 13.1. The number of alkyl halides is 3. The summed E-state index contributed by atoms with van der Waals surface area (Å²) in [6, 6.07) is 6.11. The van der Waals surface area contributed by atoms with Gasteiger partial charge >= 0.3 is 6.18 Å². The van der Waals surface area contributed by atoms with Crippen molar-refractivity contribution in [3.63, 3.8) is 0 Å². The molecule has 1 N–H and O–H groups in total. The fourth-order valence-corrected chi connectivity index (χ4v) is 2.63. The van der Waals surface area contributed by atoms with Crippen LogP contribution in [-0.4, -0.2) is 25.2 Å². The summed E-state index contributed by atoms with van der Waals surface area (Å²) in [5.74, 6) is 0.392. The summed E-state index contributed by atoms with van der Waals surface area (Å²) >= 11 is 0. The molecule has 1 aromatic rings. The van der Waals surface area contributed by atoms with Gasteiger partial charge in [-0.2, -0.15) is 13.2 Å². The third kappa shape index (κ3) is 3.08. The lowest BCUT2D eigenvalue weighted by atomic mass is 9.98. The molecule has 20 heavy (non-hydrogen) atoms. The first-order valence-corrected chi connectivity index (χ1v) is 6.97. The van der Waals surface area contributed by atoms with Crippen molar-refractivity contribution in [1.82, 2.24) is 5.32 Å². The lowest BCUT2D eigenvalue weighted by molar-refractivity contribution is -0.137. The van der Waals surface area contributed by atoms with E-state index in [2.05, 4.69) is 19.2 Å². The Morgan fingerprint density at radius 1 is 1.25 bits per heavy atom. The van der Waals surface area contributed by atoms with E-state index in [1.807, 2.05) is 11.8 Å². The predicted molar refractivity (Wildman–Crippen MR) is 74.9 cm³/mol. The van der Waals surface area contributed by atoms with E-state index in [0.29, 0.717) is 24.7 Å². The first-order chi connectivity index (χ1) is 9.30. The summed E-state index contributed by atoms with van der Waals surface area (Å²) in [5, 5.41) is 3.40. The van der Waals surface area contributed by atoms with Crippen molar-refractivity contribution in [2.24, 2.45) is 5.92 Å². The first kappa shape index (κ1) is 15.2. The van der Waals surface area contributed by atoms with Crippen molar-refractivity contribution in [3.8, 4) is 0 Å². The van der Waals surface area contributed by atoms with Gasteiger partial charge in [0.05, 0.1) is 5.56 Å². The molecule has 2 rings (SSSR count). The van der Waals surface area contributed by atoms with Gasteiger partial charge in [0.15, 0.2) is 0 Å². The summed E-state index contributed by atoms with van der Waals surface area (Å²) < 4.78 is 39.4. The second kappa shape index (κ2) is 5.64. The van der Waals surface area contributed by atoms with Crippen molar-refractivity contribution in [3.05, 3.63) is 29.8 Å². The van der Waals surface area contributed by atoms with Crippen LogP contribution in [0.15, 0.2) is 24.3 Å². The fourth-order valence-electron chi connectivity index (χ4n) is 2.63. The Kier molecular flexibility index (Phi) is 4.28. The summed E-state index contributed by atoms with van der Waals surface area (Å²) in [7, 11) is 0. The molecule has 0 aliphatic carbocycles. The van der Waals surface area contributed by atoms with Gasteiger partial charge in [-0.05, 0) is 25.0 Å². The van der Waals surface area contributed by atoms with E-state index in [1.54, 1.807) is 12.1 Å². The van der Waals surface area contributed by atoms with Gasteiger partial charge in [0, 0.05) is 30.9 Å². The van der Waals surface area contributed by atoms with Gasteiger partial charge < -0.3 is 10.2 Å². The molecule has 0 spiro atoms. The summed E-state index contributed by atoms with van der Waals surface area (Å²) in [6.45, 7) is 7.43. The Hall–Kier alpha value is -1.23. The Labute approximate surface area is 118 Å². The van der Waals surface area contributed by atoms with Gasteiger partial charge in [-0.25, -0.2) is 0 Å². The van der Waals surface area contributed by atoms with Crippen LogP contribution in [0.3, 0.4) is 0 Å². The zero-order valence-corrected chi connectivity index (χ0v) is 12.0. The molecule has 0 saturated carbocycles. The lowest BCUT2D eigenvalue weighted by Crippen LogP contribution is -2.57. The Morgan fingerprint density at radius 2 is 1.90 bits per heavy atom. The average molecular weight is 286 g/mol. The molecule has 5 heteroatoms. The van der Waals surface area contributed by atoms with E-state index in [-0.39, 0.29) is 12.1 Å². The second-order valence-electron chi connectivity index (χ2n) is 5.78. The minimum atomic E-state index is -4.31. The number of nitrogens with one attached hydrogen (secondary N) is 1. The van der Waals surface area contributed by atoms with E-state index in [0.717, 1.165) is 6.07 Å². The van der Waals surface area contributed by atoms with Crippen LogP contribution in [0.4, 0.5) is 18.9 Å². The van der Waals surface area contributed by atoms with Gasteiger partial charge in [-0.15, -0.1) is 0 Å². The quantitative estimate of drug-likeness (QED) is 0.894. The molecule has 2 atom stereocenters. The van der Waals surface area contributed by atoms with Gasteiger partial charge in [-0.3, -0.25) is 0 Å². The van der Waals surface area contributed by atoms with Crippen LogP contribution in [-0.2, 0) is 6.18 Å². The number of hydrogen-bond acceptors (Lipinski definition) is 2. The van der Waals surface area contributed by atoms with E-state index in [1.165, 1.54) is 6.07 Å². The Bertz CT molecular complexity index is 457. The van der Waals surface area contributed by atoms with Gasteiger partial charge in [-0.1, -0.05) is 26.0 Å². The molecular formula is C15H21F3N2. The maximum Gasteiger partial charge on any atom is 0.418 e. The van der Waals surface area contributed by atoms with Crippen molar-refractivity contribution in [1.29, 1.82) is 0 Å². The molecule has 0 bridgehead atoms. The third-order valence-electron chi connectivity index (χ3n) is 3.92. The van der Waals surface area contributed by atoms with Crippen LogP contribution in [0.2, 0.25) is 0 Å². The third-order valence-corrected chi connectivity index (χ3v) is 3.92. The summed E-state index contributed by atoms with van der Waals surface area (Å²) in [4.78, 5) is 1.88. The molecule has 1 aliphatic rings. The van der Waals surface area contributed by atoms with Gasteiger partial charge in [0.2, 0.25) is 0 Å². The van der Waals surface area contributed by atoms with Crippen molar-refractivity contribution >= 4 is 5.69 Å². The number of anilines is 1. The molecule has 1 aliphatic heterocycles. The molecule has 112 valence electrons. The molecular weight excluding hydrogens is 265 g/mol. The topological polar surface area (TPSA) is 15.3 Å². The van der Waals surface area contributed by atoms with Crippen LogP contribution in [0.1, 0.15) is 26.3 Å². The minimum absolute atomic E-state index is 0.0495. The highest BCUT2D eigenvalue weighted by Crippen LogP contribution is 2.37. The summed E-state index contributed by atoms with van der Waals surface area (Å²) in [5.41, 5.74) is -0.254. The number of para-hydroxylation sites is 1. The SMILES string of the molecule is CC(C)C1CN(c2ccccc2C(F)(F)F)C(C)CN1. The van der Waals surface area contributed by atoms with Crippen LogP contribution in [0.5, 0.6) is 0 Å². The number of rotatable bonds is 2. The zero-order valence-electron chi connectivity index (χ0n) is 12.0. The van der Waals surface area contributed by atoms with E-state index < -0.39 is 11.7 Å². The van der Waals surface area contributed by atoms with Crippen LogP contribution in [0.25, 0.3) is 0 Å². The van der Waals surface area contributed by atoms with Crippen molar-refractivity contribution < 1.29 is 13.2 Å². The van der Waals surface area contributed by atoms with Gasteiger partial charge in [0.1, 0.15) is 0 Å². The number of hydrogen-bond donors (Lipinski definition) is 1. The molecule has 0 aromatic heterocycles. The normalized spacial score (nSPS) is 24.2. The Morgan fingerprint density at radius 3 is 2.50 bits per heavy atom. The van der Waals surface area contributed by atoms with Gasteiger partial charge in [0.25, 0.3) is 0 Å². The number of piperazine rings is 1. The molecule has 1 aromatic carbocycles. The molecule has 2 unspecified atom stereocenters. The number of benzene rings is 1. The fraction of sp³-hybridized carbons (Fsp3) is 0.600. The zero-order chi connectivity index (χ0) is 14.9. The molecule has 2 nitrogen and oxygen atoms in total. The molecule has 1 heterocycles. The van der Waals surface area contributed by atoms with Crippen molar-refractivity contribution in [2.45, 2.75) is 39.0 Å². The minimum Gasteiger partial charge on any atom is -0.365 e.